The van der Waals surface area contributed by atoms with E-state index in [9.17, 15) is 22.6 Å². The molecule has 0 spiro atoms. The van der Waals surface area contributed by atoms with Crippen molar-refractivity contribution in [3.63, 3.8) is 0 Å². The average molecular weight is 897 g/mol. The molecule has 346 valence electrons. The molecule has 0 amide bonds. The number of hydrogen-bond acceptors (Lipinski definition) is 7. The number of carbonyl (C=O) groups excluding carboxylic acids is 2. The molecule has 0 fully saturated rings. The molecule has 1 aromatic rings. The van der Waals surface area contributed by atoms with Crippen LogP contribution in [-0.4, -0.2) is 38.1 Å². The Labute approximate surface area is 418 Å². The van der Waals surface area contributed by atoms with Crippen molar-refractivity contribution in [2.75, 3.05) is 13.2 Å². The van der Waals surface area contributed by atoms with Crippen LogP contribution in [-0.2, 0) is 19.6 Å². The quantitative estimate of drug-likeness (QED) is 0.0211. The fourth-order valence-electron chi connectivity index (χ4n) is 7.85. The average Bonchev–Trinajstić information content (AvgIpc) is 3.24. The Hall–Kier alpha value is -0.814. The number of hydrogen-bond donors (Lipinski definition) is 0. The topological polar surface area (TPSA) is 110 Å². The van der Waals surface area contributed by atoms with Crippen LogP contribution in [0.25, 0.3) is 0 Å². The van der Waals surface area contributed by atoms with Crippen molar-refractivity contribution < 1.29 is 83.4 Å². The van der Waals surface area contributed by atoms with Gasteiger partial charge in [-0.25, -0.2) is 18.0 Å². The summed E-state index contributed by atoms with van der Waals surface area (Å²) in [5.74, 6) is -1.80. The molecule has 0 saturated heterocycles. The second-order valence-electron chi connectivity index (χ2n) is 17.1. The summed E-state index contributed by atoms with van der Waals surface area (Å²) in [5, 5.41) is 0. The van der Waals surface area contributed by atoms with Gasteiger partial charge in [0.05, 0.1) is 29.2 Å². The van der Waals surface area contributed by atoms with Crippen molar-refractivity contribution in [1.82, 2.24) is 0 Å². The van der Waals surface area contributed by atoms with Crippen molar-refractivity contribution in [3.05, 3.63) is 53.6 Å². The van der Waals surface area contributed by atoms with E-state index >= 15 is 0 Å². The predicted molar refractivity (Wildman–Crippen MR) is 251 cm³/mol. The number of ether oxygens (including phenoxy) is 2. The molecule has 0 unspecified atom stereocenters. The van der Waals surface area contributed by atoms with Crippen LogP contribution in [0.5, 0.6) is 0 Å². The zero-order chi connectivity index (χ0) is 43.6. The Balaban J connectivity index is 0.0000360. The molecule has 9 heteroatoms. The fourth-order valence-corrected chi connectivity index (χ4v) is 8.54. The zero-order valence-electron chi connectivity index (χ0n) is 39.7. The summed E-state index contributed by atoms with van der Waals surface area (Å²) in [5.41, 5.74) is -0.769. The summed E-state index contributed by atoms with van der Waals surface area (Å²) in [4.78, 5) is 25.3. The predicted octanol–water partition coefficient (Wildman–Crippen LogP) is 13.1. The van der Waals surface area contributed by atoms with Crippen LogP contribution >= 0.6 is 0 Å². The van der Waals surface area contributed by atoms with Gasteiger partial charge in [-0.1, -0.05) is 224 Å². The first kappa shape index (κ1) is 60.2. The van der Waals surface area contributed by atoms with Crippen molar-refractivity contribution in [2.45, 2.75) is 250 Å². The van der Waals surface area contributed by atoms with Crippen LogP contribution in [0.15, 0.2) is 47.4 Å². The first-order valence-electron chi connectivity index (χ1n) is 25.1. The summed E-state index contributed by atoms with van der Waals surface area (Å²) in [7, 11) is -5.02. The number of esters is 2. The summed E-state index contributed by atoms with van der Waals surface area (Å²) in [6.45, 7) is 4.63. The van der Waals surface area contributed by atoms with Crippen molar-refractivity contribution in [1.29, 1.82) is 0 Å². The number of benzene rings is 1. The van der Waals surface area contributed by atoms with Gasteiger partial charge in [-0.3, -0.25) is 0 Å². The Morgan fingerprint density at radius 3 is 1.07 bits per heavy atom. The van der Waals surface area contributed by atoms with E-state index < -0.39 is 32.5 Å². The van der Waals surface area contributed by atoms with E-state index in [-0.39, 0.29) is 70.2 Å². The van der Waals surface area contributed by atoms with Crippen LogP contribution in [0.4, 0.5) is 0 Å². The summed E-state index contributed by atoms with van der Waals surface area (Å²) < 4.78 is 46.9. The van der Waals surface area contributed by atoms with Crippen molar-refractivity contribution in [2.24, 2.45) is 0 Å². The van der Waals surface area contributed by atoms with Gasteiger partial charge in [0.2, 0.25) is 0 Å². The minimum Gasteiger partial charge on any atom is -0.744 e. The van der Waals surface area contributed by atoms with E-state index in [2.05, 4.69) is 38.2 Å². The van der Waals surface area contributed by atoms with E-state index in [4.69, 9.17) is 9.47 Å². The zero-order valence-corrected chi connectivity index (χ0v) is 43.6. The molecule has 0 aliphatic carbocycles. The maximum absolute atomic E-state index is 13.1. The molecule has 61 heavy (non-hydrogen) atoms. The van der Waals surface area contributed by atoms with Crippen LogP contribution < -0.4 is 51.4 Å². The molecule has 1 rings (SSSR count). The maximum Gasteiger partial charge on any atom is 1.00 e. The Kier molecular flexibility index (Phi) is 43.8. The molecule has 1 aromatic carbocycles. The van der Waals surface area contributed by atoms with Gasteiger partial charge in [-0.05, 0) is 63.5 Å². The standard InChI is InChI=1S/C52H90O7S.K/c1-3-5-7-9-11-13-15-17-19-21-23-25-27-29-31-33-35-37-39-41-46-58-51(53)48-44-43-45-49(60(55,56)57)50(48)52(54)59-47-42-40-38-36-34-32-30-28-26-24-22-20-18-16-14-12-10-8-6-4-2;/h5-8,43-45H,3-4,9-42,46-47H2,1-2H3,(H,55,56,57);/q;+1/p-1/b7-5+,8-6+;. The molecule has 0 atom stereocenters. The maximum atomic E-state index is 13.1. The molecule has 0 aromatic heterocycles. The molecule has 0 radical (unpaired) electrons. The van der Waals surface area contributed by atoms with Gasteiger partial charge in [0, 0.05) is 0 Å². The van der Waals surface area contributed by atoms with E-state index in [0.717, 1.165) is 57.4 Å². The molecule has 0 aliphatic rings. The van der Waals surface area contributed by atoms with Gasteiger partial charge in [-0.2, -0.15) is 0 Å². The van der Waals surface area contributed by atoms with Crippen molar-refractivity contribution in [3.8, 4) is 0 Å². The van der Waals surface area contributed by atoms with E-state index in [1.165, 1.54) is 179 Å². The Morgan fingerprint density at radius 2 is 0.754 bits per heavy atom. The van der Waals surface area contributed by atoms with Gasteiger partial charge in [0.25, 0.3) is 0 Å². The molecule has 0 bridgehead atoms. The van der Waals surface area contributed by atoms with Crippen LogP contribution in [0.1, 0.15) is 266 Å². The summed E-state index contributed by atoms with van der Waals surface area (Å²) in [6.07, 6.45) is 53.3. The van der Waals surface area contributed by atoms with Gasteiger partial charge >= 0.3 is 63.3 Å². The minimum atomic E-state index is -5.02. The van der Waals surface area contributed by atoms with Gasteiger partial charge in [0.15, 0.2) is 0 Å². The third kappa shape index (κ3) is 36.1. The number of carbonyl (C=O) groups is 2. The van der Waals surface area contributed by atoms with Gasteiger partial charge in [0.1, 0.15) is 10.1 Å². The Bertz CT molecular complexity index is 1340. The third-order valence-corrected chi connectivity index (χ3v) is 12.4. The minimum absolute atomic E-state index is 0. The van der Waals surface area contributed by atoms with E-state index in [1.54, 1.807) is 0 Å². The van der Waals surface area contributed by atoms with Crippen LogP contribution in [0.3, 0.4) is 0 Å². The second kappa shape index (κ2) is 44.4. The Morgan fingerprint density at radius 1 is 0.459 bits per heavy atom. The van der Waals surface area contributed by atoms with E-state index in [1.807, 2.05) is 0 Å². The molecule has 0 aliphatic heterocycles. The summed E-state index contributed by atoms with van der Waals surface area (Å²) in [6, 6.07) is 3.65. The molecular formula is C52H89KO7S. The smallest absolute Gasteiger partial charge is 0.744 e. The fraction of sp³-hybridized carbons (Fsp3) is 0.769. The molecule has 0 saturated carbocycles. The number of rotatable bonds is 43. The first-order valence-corrected chi connectivity index (χ1v) is 26.5. The van der Waals surface area contributed by atoms with Crippen LogP contribution in [0.2, 0.25) is 0 Å². The molecule has 7 nitrogen and oxygen atoms in total. The summed E-state index contributed by atoms with van der Waals surface area (Å²) >= 11 is 0. The molecular weight excluding hydrogens is 808 g/mol. The van der Waals surface area contributed by atoms with Crippen LogP contribution in [0, 0.1) is 0 Å². The second-order valence-corrected chi connectivity index (χ2v) is 18.4. The third-order valence-electron chi connectivity index (χ3n) is 11.5. The molecule has 0 N–H and O–H groups in total. The number of allylic oxidation sites excluding steroid dienone is 4. The largest absolute Gasteiger partial charge is 1.00 e. The number of unbranched alkanes of at least 4 members (excludes halogenated alkanes) is 32. The first-order chi connectivity index (χ1) is 29.3. The van der Waals surface area contributed by atoms with Crippen molar-refractivity contribution >= 4 is 22.1 Å². The van der Waals surface area contributed by atoms with E-state index in [0.29, 0.717) is 12.8 Å². The monoisotopic (exact) mass is 897 g/mol. The van der Waals surface area contributed by atoms with Gasteiger partial charge < -0.3 is 14.0 Å². The normalized spacial score (nSPS) is 11.7. The van der Waals surface area contributed by atoms with Gasteiger partial charge in [-0.15, -0.1) is 0 Å². The SMILES string of the molecule is CC/C=C/CCCCCCCCCCCCCCCCCCOC(=O)c1cccc(S(=O)(=O)[O-])c1C(=O)OCCCCCCCCCCCCCCCCCC/C=C/CC.[K+]. The molecule has 0 heterocycles.